The molecule has 1 aliphatic heterocycles. The van der Waals surface area contributed by atoms with Crippen LogP contribution in [0.25, 0.3) is 0 Å². The Hall–Kier alpha value is -1.26. The van der Waals surface area contributed by atoms with Crippen LogP contribution in [0.4, 0.5) is 0 Å². The van der Waals surface area contributed by atoms with Crippen LogP contribution < -0.4 is 10.5 Å². The van der Waals surface area contributed by atoms with Crippen LogP contribution in [0.1, 0.15) is 36.5 Å². The number of rotatable bonds is 5. The van der Waals surface area contributed by atoms with Crippen molar-refractivity contribution in [3.8, 4) is 5.75 Å². The van der Waals surface area contributed by atoms with Gasteiger partial charge in [0, 0.05) is 18.7 Å². The first-order valence-electron chi connectivity index (χ1n) is 7.46. The highest BCUT2D eigenvalue weighted by atomic mass is 35.5. The predicted molar refractivity (Wildman–Crippen MR) is 87.2 cm³/mol. The molecule has 0 aromatic heterocycles. The van der Waals surface area contributed by atoms with Gasteiger partial charge in [0.05, 0.1) is 6.61 Å². The van der Waals surface area contributed by atoms with E-state index in [4.69, 9.17) is 10.5 Å². The molecule has 0 radical (unpaired) electrons. The van der Waals surface area contributed by atoms with Gasteiger partial charge in [-0.2, -0.15) is 0 Å². The van der Waals surface area contributed by atoms with Crippen LogP contribution in [-0.4, -0.2) is 37.0 Å². The van der Waals surface area contributed by atoms with Crippen molar-refractivity contribution in [1.82, 2.24) is 4.90 Å². The summed E-state index contributed by atoms with van der Waals surface area (Å²) in [6.07, 6.45) is 3.27. The topological polar surface area (TPSA) is 55.6 Å². The first-order chi connectivity index (χ1) is 9.74. The molecule has 1 fully saturated rings. The second-order valence-electron chi connectivity index (χ2n) is 5.29. The van der Waals surface area contributed by atoms with E-state index < -0.39 is 0 Å². The quantitative estimate of drug-likeness (QED) is 0.909. The SMILES string of the molecule is CCOc1ccc(C(=O)N2CCCC(CCN)C2)cc1.Cl. The molecule has 1 aromatic carbocycles. The van der Waals surface area contributed by atoms with Gasteiger partial charge in [-0.05, 0) is 62.9 Å². The minimum absolute atomic E-state index is 0. The molecule has 0 bridgehead atoms. The third-order valence-corrected chi connectivity index (χ3v) is 3.79. The van der Waals surface area contributed by atoms with Crippen molar-refractivity contribution >= 4 is 18.3 Å². The van der Waals surface area contributed by atoms with Crippen molar-refractivity contribution in [2.75, 3.05) is 26.2 Å². The molecule has 0 saturated carbocycles. The van der Waals surface area contributed by atoms with E-state index in [-0.39, 0.29) is 18.3 Å². The maximum atomic E-state index is 12.5. The Morgan fingerprint density at radius 3 is 2.71 bits per heavy atom. The van der Waals surface area contributed by atoms with Gasteiger partial charge in [-0.3, -0.25) is 4.79 Å². The largest absolute Gasteiger partial charge is 0.494 e. The number of hydrogen-bond donors (Lipinski definition) is 1. The molecule has 21 heavy (non-hydrogen) atoms. The zero-order chi connectivity index (χ0) is 14.4. The number of ether oxygens (including phenoxy) is 1. The van der Waals surface area contributed by atoms with Crippen molar-refractivity contribution in [2.45, 2.75) is 26.2 Å². The average Bonchev–Trinajstić information content (AvgIpc) is 2.48. The second-order valence-corrected chi connectivity index (χ2v) is 5.29. The minimum Gasteiger partial charge on any atom is -0.494 e. The van der Waals surface area contributed by atoms with Crippen molar-refractivity contribution in [3.05, 3.63) is 29.8 Å². The molecular formula is C16H25ClN2O2. The van der Waals surface area contributed by atoms with E-state index >= 15 is 0 Å². The number of hydrogen-bond acceptors (Lipinski definition) is 3. The summed E-state index contributed by atoms with van der Waals surface area (Å²) < 4.78 is 5.40. The third kappa shape index (κ3) is 4.90. The van der Waals surface area contributed by atoms with E-state index in [9.17, 15) is 4.79 Å². The molecule has 0 spiro atoms. The predicted octanol–water partition coefficient (Wildman–Crippen LogP) is 2.71. The monoisotopic (exact) mass is 312 g/mol. The number of nitrogens with zero attached hydrogens (tertiary/aromatic N) is 1. The van der Waals surface area contributed by atoms with Gasteiger partial charge >= 0.3 is 0 Å². The molecule has 1 atom stereocenters. The smallest absolute Gasteiger partial charge is 0.253 e. The molecule has 4 nitrogen and oxygen atoms in total. The Kier molecular flexibility index (Phi) is 7.54. The maximum Gasteiger partial charge on any atom is 0.253 e. The van der Waals surface area contributed by atoms with Gasteiger partial charge in [-0.15, -0.1) is 12.4 Å². The fraction of sp³-hybridized carbons (Fsp3) is 0.562. The van der Waals surface area contributed by atoms with Crippen LogP contribution >= 0.6 is 12.4 Å². The molecule has 2 rings (SSSR count). The summed E-state index contributed by atoms with van der Waals surface area (Å²) in [4.78, 5) is 14.4. The van der Waals surface area contributed by atoms with Gasteiger partial charge in [0.1, 0.15) is 5.75 Å². The lowest BCUT2D eigenvalue weighted by Crippen LogP contribution is -2.40. The summed E-state index contributed by atoms with van der Waals surface area (Å²) in [6.45, 7) is 4.98. The van der Waals surface area contributed by atoms with Gasteiger partial charge < -0.3 is 15.4 Å². The molecule has 5 heteroatoms. The van der Waals surface area contributed by atoms with E-state index in [1.54, 1.807) is 0 Å². The van der Waals surface area contributed by atoms with Crippen molar-refractivity contribution in [2.24, 2.45) is 11.7 Å². The number of carbonyl (C=O) groups excluding carboxylic acids is 1. The fourth-order valence-electron chi connectivity index (χ4n) is 2.76. The van der Waals surface area contributed by atoms with Crippen LogP contribution in [0.3, 0.4) is 0 Å². The van der Waals surface area contributed by atoms with Gasteiger partial charge in [0.25, 0.3) is 5.91 Å². The average molecular weight is 313 g/mol. The molecule has 1 saturated heterocycles. The molecule has 1 heterocycles. The lowest BCUT2D eigenvalue weighted by Gasteiger charge is -2.32. The summed E-state index contributed by atoms with van der Waals surface area (Å²) in [5.74, 6) is 1.49. The summed E-state index contributed by atoms with van der Waals surface area (Å²) in [6, 6.07) is 7.41. The first-order valence-corrected chi connectivity index (χ1v) is 7.46. The second kappa shape index (κ2) is 8.90. The number of piperidine rings is 1. The van der Waals surface area contributed by atoms with E-state index in [2.05, 4.69) is 0 Å². The zero-order valence-electron chi connectivity index (χ0n) is 12.6. The Morgan fingerprint density at radius 2 is 2.10 bits per heavy atom. The number of likely N-dealkylation sites (tertiary alicyclic amines) is 1. The molecule has 2 N–H and O–H groups in total. The van der Waals surface area contributed by atoms with Crippen LogP contribution in [0, 0.1) is 5.92 Å². The van der Waals surface area contributed by atoms with E-state index in [1.807, 2.05) is 36.1 Å². The fourth-order valence-corrected chi connectivity index (χ4v) is 2.76. The van der Waals surface area contributed by atoms with Crippen LogP contribution in [0.2, 0.25) is 0 Å². The molecule has 1 aliphatic rings. The molecule has 1 unspecified atom stereocenters. The highest BCUT2D eigenvalue weighted by Gasteiger charge is 2.23. The molecule has 1 amide bonds. The number of benzene rings is 1. The molecule has 1 aromatic rings. The summed E-state index contributed by atoms with van der Waals surface area (Å²) in [5.41, 5.74) is 6.36. The Bertz CT molecular complexity index is 434. The Balaban J connectivity index is 0.00000220. The van der Waals surface area contributed by atoms with Crippen LogP contribution in [-0.2, 0) is 0 Å². The number of nitrogens with two attached hydrogens (primary N) is 1. The van der Waals surface area contributed by atoms with Gasteiger partial charge in [0.15, 0.2) is 0 Å². The molecule has 118 valence electrons. The van der Waals surface area contributed by atoms with Crippen molar-refractivity contribution < 1.29 is 9.53 Å². The minimum atomic E-state index is 0. The summed E-state index contributed by atoms with van der Waals surface area (Å²) >= 11 is 0. The Morgan fingerprint density at radius 1 is 1.38 bits per heavy atom. The number of amides is 1. The maximum absolute atomic E-state index is 12.5. The Labute approximate surface area is 133 Å². The van der Waals surface area contributed by atoms with Gasteiger partial charge in [0.2, 0.25) is 0 Å². The van der Waals surface area contributed by atoms with Crippen molar-refractivity contribution in [1.29, 1.82) is 0 Å². The highest BCUT2D eigenvalue weighted by Crippen LogP contribution is 2.21. The molecular weight excluding hydrogens is 288 g/mol. The van der Waals surface area contributed by atoms with Gasteiger partial charge in [-0.1, -0.05) is 0 Å². The van der Waals surface area contributed by atoms with E-state index in [0.29, 0.717) is 19.1 Å². The van der Waals surface area contributed by atoms with Gasteiger partial charge in [-0.25, -0.2) is 0 Å². The van der Waals surface area contributed by atoms with E-state index in [0.717, 1.165) is 37.2 Å². The number of halogens is 1. The third-order valence-electron chi connectivity index (χ3n) is 3.79. The highest BCUT2D eigenvalue weighted by molar-refractivity contribution is 5.94. The lowest BCUT2D eigenvalue weighted by atomic mass is 9.94. The van der Waals surface area contributed by atoms with Crippen molar-refractivity contribution in [3.63, 3.8) is 0 Å². The van der Waals surface area contributed by atoms with Crippen LogP contribution in [0.5, 0.6) is 5.75 Å². The summed E-state index contributed by atoms with van der Waals surface area (Å²) in [5, 5.41) is 0. The molecule has 0 aliphatic carbocycles. The zero-order valence-corrected chi connectivity index (χ0v) is 13.4. The standard InChI is InChI=1S/C16H24N2O2.ClH/c1-2-20-15-7-5-14(6-8-15)16(19)18-11-3-4-13(12-18)9-10-17;/h5-8,13H,2-4,9-12,17H2,1H3;1H. The summed E-state index contributed by atoms with van der Waals surface area (Å²) in [7, 11) is 0. The number of carbonyl (C=O) groups is 1. The van der Waals surface area contributed by atoms with E-state index in [1.165, 1.54) is 6.42 Å². The normalized spacial score (nSPS) is 18.0. The first kappa shape index (κ1) is 17.8. The lowest BCUT2D eigenvalue weighted by molar-refractivity contribution is 0.0669. The van der Waals surface area contributed by atoms with Crippen LogP contribution in [0.15, 0.2) is 24.3 Å².